The second-order valence-electron chi connectivity index (χ2n) is 7.02. The molecule has 0 heterocycles. The van der Waals surface area contributed by atoms with E-state index in [1.165, 1.54) is 22.3 Å². The lowest BCUT2D eigenvalue weighted by Gasteiger charge is -2.20. The molecule has 0 aliphatic heterocycles. The Morgan fingerprint density at radius 3 is 2.67 bits per heavy atom. The van der Waals surface area contributed by atoms with Gasteiger partial charge in [-0.25, -0.2) is 0 Å². The minimum Gasteiger partial charge on any atom is -0.508 e. The minimum atomic E-state index is 0.0419. The summed E-state index contributed by atoms with van der Waals surface area (Å²) in [6.45, 7) is 1.87. The Labute approximate surface area is 159 Å². The van der Waals surface area contributed by atoms with E-state index in [1.54, 1.807) is 12.1 Å². The molecule has 0 spiro atoms. The van der Waals surface area contributed by atoms with Crippen LogP contribution in [0.25, 0.3) is 6.08 Å². The molecule has 0 radical (unpaired) electrons. The summed E-state index contributed by atoms with van der Waals surface area (Å²) in [6, 6.07) is 15.9. The molecule has 2 N–H and O–H groups in total. The summed E-state index contributed by atoms with van der Waals surface area (Å²) in [6.07, 6.45) is 8.71. The SMILES string of the molecule is CCC(=O)NC1=CCC=C1C1=Cc2ccccc2C1Cc1ccc(O)cc1. The molecule has 4 rings (SSSR count). The summed E-state index contributed by atoms with van der Waals surface area (Å²) < 4.78 is 0. The van der Waals surface area contributed by atoms with Crippen molar-refractivity contribution in [2.24, 2.45) is 0 Å². The van der Waals surface area contributed by atoms with Gasteiger partial charge in [0.1, 0.15) is 5.75 Å². The lowest BCUT2D eigenvalue weighted by molar-refractivity contribution is -0.120. The Bertz CT molecular complexity index is 964. The van der Waals surface area contributed by atoms with Crippen molar-refractivity contribution in [2.75, 3.05) is 0 Å². The van der Waals surface area contributed by atoms with Crippen LogP contribution >= 0.6 is 0 Å². The zero-order chi connectivity index (χ0) is 18.8. The average molecular weight is 357 g/mol. The molecule has 2 aliphatic carbocycles. The van der Waals surface area contributed by atoms with Gasteiger partial charge in [-0.1, -0.05) is 61.5 Å². The molecule has 2 aromatic rings. The molecule has 27 heavy (non-hydrogen) atoms. The van der Waals surface area contributed by atoms with E-state index in [0.717, 1.165) is 24.1 Å². The van der Waals surface area contributed by atoms with Crippen LogP contribution in [0.1, 0.15) is 42.4 Å². The van der Waals surface area contributed by atoms with Gasteiger partial charge in [0, 0.05) is 18.0 Å². The molecule has 3 nitrogen and oxygen atoms in total. The molecule has 0 saturated heterocycles. The van der Waals surface area contributed by atoms with Gasteiger partial charge in [-0.3, -0.25) is 4.79 Å². The van der Waals surface area contributed by atoms with Gasteiger partial charge in [0.05, 0.1) is 0 Å². The van der Waals surface area contributed by atoms with E-state index in [9.17, 15) is 9.90 Å². The standard InChI is InChI=1S/C24H23NO2/c1-2-24(27)25-23-9-5-8-20(23)22-15-17-6-3-4-7-19(17)21(22)14-16-10-12-18(26)13-11-16/h3-4,6-13,15,21,26H,2,5,14H2,1H3,(H,25,27). The smallest absolute Gasteiger partial charge is 0.224 e. The van der Waals surface area contributed by atoms with Gasteiger partial charge in [0.25, 0.3) is 0 Å². The molecule has 136 valence electrons. The Morgan fingerprint density at radius 2 is 1.89 bits per heavy atom. The summed E-state index contributed by atoms with van der Waals surface area (Å²) in [7, 11) is 0. The fraction of sp³-hybridized carbons (Fsp3) is 0.208. The summed E-state index contributed by atoms with van der Waals surface area (Å²) in [4.78, 5) is 11.9. The van der Waals surface area contributed by atoms with Gasteiger partial charge < -0.3 is 10.4 Å². The third kappa shape index (κ3) is 3.45. The fourth-order valence-corrected chi connectivity index (χ4v) is 3.89. The number of phenols is 1. The van der Waals surface area contributed by atoms with Crippen LogP contribution in [0.3, 0.4) is 0 Å². The summed E-state index contributed by atoms with van der Waals surface area (Å²) in [5.41, 5.74) is 7.06. The molecule has 1 atom stereocenters. The Balaban J connectivity index is 1.67. The quantitative estimate of drug-likeness (QED) is 0.803. The van der Waals surface area contributed by atoms with Gasteiger partial charge in [0.2, 0.25) is 5.91 Å². The first-order valence-electron chi connectivity index (χ1n) is 9.45. The van der Waals surface area contributed by atoms with Crippen LogP contribution < -0.4 is 5.32 Å². The maximum Gasteiger partial charge on any atom is 0.224 e. The molecule has 1 unspecified atom stereocenters. The molecular formula is C24H23NO2. The van der Waals surface area contributed by atoms with Crippen LogP contribution in [0, 0.1) is 0 Å². The lowest BCUT2D eigenvalue weighted by Crippen LogP contribution is -2.23. The van der Waals surface area contributed by atoms with Crippen LogP contribution in [-0.4, -0.2) is 11.0 Å². The maximum atomic E-state index is 11.9. The van der Waals surface area contributed by atoms with Crippen molar-refractivity contribution in [3.63, 3.8) is 0 Å². The van der Waals surface area contributed by atoms with Gasteiger partial charge in [-0.05, 0) is 52.8 Å². The second kappa shape index (κ2) is 7.28. The van der Waals surface area contributed by atoms with Crippen molar-refractivity contribution in [3.8, 4) is 5.75 Å². The van der Waals surface area contributed by atoms with E-state index in [-0.39, 0.29) is 17.6 Å². The zero-order valence-electron chi connectivity index (χ0n) is 15.4. The van der Waals surface area contributed by atoms with E-state index in [4.69, 9.17) is 0 Å². The number of carbonyl (C=O) groups excluding carboxylic acids is 1. The highest BCUT2D eigenvalue weighted by molar-refractivity contribution is 5.81. The zero-order valence-corrected chi connectivity index (χ0v) is 15.4. The normalized spacial score (nSPS) is 17.8. The largest absolute Gasteiger partial charge is 0.508 e. The lowest BCUT2D eigenvalue weighted by atomic mass is 9.85. The van der Waals surface area contributed by atoms with Crippen molar-refractivity contribution in [1.29, 1.82) is 0 Å². The Kier molecular flexibility index (Phi) is 4.68. The van der Waals surface area contributed by atoms with Gasteiger partial charge in [-0.2, -0.15) is 0 Å². The predicted octanol–water partition coefficient (Wildman–Crippen LogP) is 4.86. The van der Waals surface area contributed by atoms with Gasteiger partial charge in [-0.15, -0.1) is 0 Å². The van der Waals surface area contributed by atoms with Gasteiger partial charge in [0.15, 0.2) is 0 Å². The van der Waals surface area contributed by atoms with Crippen LogP contribution in [0.5, 0.6) is 5.75 Å². The number of carbonyl (C=O) groups is 1. The number of nitrogens with one attached hydrogen (secondary N) is 1. The molecule has 2 aromatic carbocycles. The van der Waals surface area contributed by atoms with Crippen LogP contribution in [0.4, 0.5) is 0 Å². The fourth-order valence-electron chi connectivity index (χ4n) is 3.89. The van der Waals surface area contributed by atoms with Crippen LogP contribution in [-0.2, 0) is 11.2 Å². The number of aromatic hydroxyl groups is 1. The molecule has 0 saturated carbocycles. The Morgan fingerprint density at radius 1 is 1.11 bits per heavy atom. The minimum absolute atomic E-state index is 0.0419. The number of amides is 1. The number of fused-ring (bicyclic) bond motifs is 1. The highest BCUT2D eigenvalue weighted by Gasteiger charge is 2.30. The van der Waals surface area contributed by atoms with E-state index in [1.807, 2.05) is 19.1 Å². The molecule has 0 fully saturated rings. The molecular weight excluding hydrogens is 334 g/mol. The van der Waals surface area contributed by atoms with Crippen molar-refractivity contribution < 1.29 is 9.90 Å². The summed E-state index contributed by atoms with van der Waals surface area (Å²) in [5, 5.41) is 12.6. The highest BCUT2D eigenvalue weighted by Crippen LogP contribution is 2.44. The first-order chi connectivity index (χ1) is 13.2. The maximum absolute atomic E-state index is 11.9. The first kappa shape index (κ1) is 17.3. The van der Waals surface area contributed by atoms with Crippen molar-refractivity contribution >= 4 is 12.0 Å². The van der Waals surface area contributed by atoms with E-state index in [2.05, 4.69) is 47.8 Å². The van der Waals surface area contributed by atoms with E-state index < -0.39 is 0 Å². The monoisotopic (exact) mass is 357 g/mol. The number of hydrogen-bond acceptors (Lipinski definition) is 2. The number of allylic oxidation sites excluding steroid dienone is 3. The van der Waals surface area contributed by atoms with Crippen LogP contribution in [0.2, 0.25) is 0 Å². The van der Waals surface area contributed by atoms with Crippen LogP contribution in [0.15, 0.2) is 77.5 Å². The third-order valence-electron chi connectivity index (χ3n) is 5.27. The average Bonchev–Trinajstić information content (AvgIpc) is 3.28. The summed E-state index contributed by atoms with van der Waals surface area (Å²) >= 11 is 0. The molecule has 0 aromatic heterocycles. The number of phenolic OH excluding ortho intramolecular Hbond substituents is 1. The first-order valence-corrected chi connectivity index (χ1v) is 9.45. The molecule has 3 heteroatoms. The van der Waals surface area contributed by atoms with Crippen molar-refractivity contribution in [1.82, 2.24) is 5.32 Å². The van der Waals surface area contributed by atoms with Gasteiger partial charge >= 0.3 is 0 Å². The summed E-state index contributed by atoms with van der Waals surface area (Å²) in [5.74, 6) is 0.560. The topological polar surface area (TPSA) is 49.3 Å². The molecule has 1 amide bonds. The van der Waals surface area contributed by atoms with E-state index in [0.29, 0.717) is 6.42 Å². The highest BCUT2D eigenvalue weighted by atomic mass is 16.3. The second-order valence-corrected chi connectivity index (χ2v) is 7.02. The Hall–Kier alpha value is -3.07. The van der Waals surface area contributed by atoms with Crippen molar-refractivity contribution in [3.05, 3.63) is 94.2 Å². The predicted molar refractivity (Wildman–Crippen MR) is 108 cm³/mol. The van der Waals surface area contributed by atoms with E-state index >= 15 is 0 Å². The number of rotatable bonds is 5. The molecule has 2 aliphatic rings. The van der Waals surface area contributed by atoms with Crippen molar-refractivity contribution in [2.45, 2.75) is 32.1 Å². The number of benzene rings is 2. The molecule has 0 bridgehead atoms. The third-order valence-corrected chi connectivity index (χ3v) is 5.27. The number of hydrogen-bond donors (Lipinski definition) is 2.